The molecule has 100 valence electrons. The van der Waals surface area contributed by atoms with Crippen LogP contribution >= 0.6 is 15.9 Å². The van der Waals surface area contributed by atoms with Gasteiger partial charge in [0.15, 0.2) is 0 Å². The van der Waals surface area contributed by atoms with E-state index < -0.39 is 0 Å². The molecule has 0 aliphatic carbocycles. The third-order valence-electron chi connectivity index (χ3n) is 3.78. The van der Waals surface area contributed by atoms with Crippen LogP contribution in [-0.4, -0.2) is 31.1 Å². The maximum atomic E-state index is 13.7. The van der Waals surface area contributed by atoms with Crippen molar-refractivity contribution in [2.45, 2.75) is 25.8 Å². The van der Waals surface area contributed by atoms with Crippen molar-refractivity contribution in [2.24, 2.45) is 5.92 Å². The summed E-state index contributed by atoms with van der Waals surface area (Å²) in [4.78, 5) is 2.35. The molecule has 0 amide bonds. The molecule has 1 unspecified atom stereocenters. The Hall–Kier alpha value is -0.610. The van der Waals surface area contributed by atoms with Gasteiger partial charge in [0.05, 0.1) is 5.69 Å². The molecule has 0 spiro atoms. The van der Waals surface area contributed by atoms with Crippen molar-refractivity contribution in [1.82, 2.24) is 4.90 Å². The van der Waals surface area contributed by atoms with E-state index in [9.17, 15) is 4.39 Å². The summed E-state index contributed by atoms with van der Waals surface area (Å²) in [7, 11) is 2.16. The van der Waals surface area contributed by atoms with Gasteiger partial charge in [-0.25, -0.2) is 4.39 Å². The minimum absolute atomic E-state index is 0.182. The van der Waals surface area contributed by atoms with E-state index in [1.54, 1.807) is 12.1 Å². The first-order valence-electron chi connectivity index (χ1n) is 6.46. The number of piperidine rings is 1. The summed E-state index contributed by atoms with van der Waals surface area (Å²) in [6.07, 6.45) is 2.36. The standard InChI is InChI=1S/C14H20BrFN2/c1-10(11-5-7-18(2)8-6-11)17-14-9-12(15)3-4-13(14)16/h3-4,9-11,17H,5-8H2,1-2H3. The number of halogens is 2. The topological polar surface area (TPSA) is 15.3 Å². The van der Waals surface area contributed by atoms with E-state index in [1.165, 1.54) is 18.9 Å². The van der Waals surface area contributed by atoms with Gasteiger partial charge in [0.25, 0.3) is 0 Å². The van der Waals surface area contributed by atoms with Crippen molar-refractivity contribution >= 4 is 21.6 Å². The monoisotopic (exact) mass is 314 g/mol. The smallest absolute Gasteiger partial charge is 0.146 e. The van der Waals surface area contributed by atoms with E-state index in [4.69, 9.17) is 0 Å². The normalized spacial score (nSPS) is 19.8. The molecule has 1 aliphatic rings. The van der Waals surface area contributed by atoms with E-state index >= 15 is 0 Å². The molecule has 0 bridgehead atoms. The second kappa shape index (κ2) is 6.02. The second-order valence-corrected chi connectivity index (χ2v) is 6.11. The molecule has 1 atom stereocenters. The van der Waals surface area contributed by atoms with Crippen LogP contribution in [0.4, 0.5) is 10.1 Å². The van der Waals surface area contributed by atoms with Gasteiger partial charge in [0, 0.05) is 10.5 Å². The Bertz CT molecular complexity index is 403. The molecule has 18 heavy (non-hydrogen) atoms. The Morgan fingerprint density at radius 2 is 2.06 bits per heavy atom. The van der Waals surface area contributed by atoms with E-state index in [-0.39, 0.29) is 5.82 Å². The van der Waals surface area contributed by atoms with Crippen LogP contribution in [0.1, 0.15) is 19.8 Å². The predicted octanol–water partition coefficient (Wildman–Crippen LogP) is 3.73. The van der Waals surface area contributed by atoms with E-state index in [1.807, 2.05) is 0 Å². The molecule has 0 radical (unpaired) electrons. The van der Waals surface area contributed by atoms with E-state index in [0.717, 1.165) is 17.6 Å². The van der Waals surface area contributed by atoms with Gasteiger partial charge >= 0.3 is 0 Å². The molecule has 2 nitrogen and oxygen atoms in total. The summed E-state index contributed by atoms with van der Waals surface area (Å²) >= 11 is 3.38. The first kappa shape index (κ1) is 13.8. The number of nitrogens with zero attached hydrogens (tertiary/aromatic N) is 1. The van der Waals surface area contributed by atoms with Crippen LogP contribution in [0, 0.1) is 11.7 Å². The molecule has 0 aromatic heterocycles. The molecule has 0 saturated carbocycles. The minimum Gasteiger partial charge on any atom is -0.380 e. The molecule has 4 heteroatoms. The molecule has 1 N–H and O–H groups in total. The van der Waals surface area contributed by atoms with Gasteiger partial charge in [0.1, 0.15) is 5.82 Å². The van der Waals surface area contributed by atoms with Crippen LogP contribution in [0.3, 0.4) is 0 Å². The van der Waals surface area contributed by atoms with Crippen molar-refractivity contribution < 1.29 is 4.39 Å². The number of hydrogen-bond acceptors (Lipinski definition) is 2. The number of likely N-dealkylation sites (tertiary alicyclic amines) is 1. The van der Waals surface area contributed by atoms with Gasteiger partial charge in [-0.15, -0.1) is 0 Å². The molecule has 1 aromatic rings. The van der Waals surface area contributed by atoms with Crippen molar-refractivity contribution in [3.63, 3.8) is 0 Å². The molecule has 1 heterocycles. The fraction of sp³-hybridized carbons (Fsp3) is 0.571. The lowest BCUT2D eigenvalue weighted by Gasteiger charge is -2.33. The maximum Gasteiger partial charge on any atom is 0.146 e. The highest BCUT2D eigenvalue weighted by Crippen LogP contribution is 2.25. The average molecular weight is 315 g/mol. The average Bonchev–Trinajstić information content (AvgIpc) is 2.34. The van der Waals surface area contributed by atoms with Crippen LogP contribution in [-0.2, 0) is 0 Å². The van der Waals surface area contributed by atoms with Gasteiger partial charge in [-0.05, 0) is 64.0 Å². The first-order chi connectivity index (χ1) is 8.56. The van der Waals surface area contributed by atoms with Gasteiger partial charge in [-0.3, -0.25) is 0 Å². The fourth-order valence-electron chi connectivity index (χ4n) is 2.50. The van der Waals surface area contributed by atoms with Gasteiger partial charge in [0.2, 0.25) is 0 Å². The number of hydrogen-bond donors (Lipinski definition) is 1. The summed E-state index contributed by atoms with van der Waals surface area (Å²) in [6.45, 7) is 4.42. The lowest BCUT2D eigenvalue weighted by molar-refractivity contribution is 0.208. The Balaban J connectivity index is 1.98. The number of anilines is 1. The highest BCUT2D eigenvalue weighted by Gasteiger charge is 2.22. The minimum atomic E-state index is -0.182. The maximum absolute atomic E-state index is 13.7. The first-order valence-corrected chi connectivity index (χ1v) is 7.25. The Labute approximate surface area is 117 Å². The molecule has 1 aliphatic heterocycles. The largest absolute Gasteiger partial charge is 0.380 e. The van der Waals surface area contributed by atoms with Crippen LogP contribution in [0.2, 0.25) is 0 Å². The molecule has 1 saturated heterocycles. The highest BCUT2D eigenvalue weighted by atomic mass is 79.9. The van der Waals surface area contributed by atoms with Crippen LogP contribution in [0.15, 0.2) is 22.7 Å². The number of benzene rings is 1. The van der Waals surface area contributed by atoms with Crippen LogP contribution < -0.4 is 5.32 Å². The van der Waals surface area contributed by atoms with Gasteiger partial charge < -0.3 is 10.2 Å². The zero-order chi connectivity index (χ0) is 13.1. The van der Waals surface area contributed by atoms with Crippen molar-refractivity contribution in [3.05, 3.63) is 28.5 Å². The Morgan fingerprint density at radius 3 is 2.72 bits per heavy atom. The summed E-state index contributed by atoms with van der Waals surface area (Å²) < 4.78 is 14.6. The van der Waals surface area contributed by atoms with E-state index in [0.29, 0.717) is 17.6 Å². The number of rotatable bonds is 3. The summed E-state index contributed by atoms with van der Waals surface area (Å²) in [5.74, 6) is 0.442. The third kappa shape index (κ3) is 3.45. The third-order valence-corrected chi connectivity index (χ3v) is 4.28. The van der Waals surface area contributed by atoms with Crippen LogP contribution in [0.5, 0.6) is 0 Å². The zero-order valence-corrected chi connectivity index (χ0v) is 12.5. The lowest BCUT2D eigenvalue weighted by Crippen LogP contribution is -2.37. The Kier molecular flexibility index (Phi) is 4.62. The zero-order valence-electron chi connectivity index (χ0n) is 10.9. The Morgan fingerprint density at radius 1 is 1.39 bits per heavy atom. The molecule has 1 aromatic carbocycles. The summed E-state index contributed by atoms with van der Waals surface area (Å²) in [5.41, 5.74) is 0.593. The summed E-state index contributed by atoms with van der Waals surface area (Å²) in [6, 6.07) is 5.33. The summed E-state index contributed by atoms with van der Waals surface area (Å²) in [5, 5.41) is 3.31. The SMILES string of the molecule is CC(Nc1cc(Br)ccc1F)C1CCN(C)CC1. The van der Waals surface area contributed by atoms with Gasteiger partial charge in [-0.1, -0.05) is 15.9 Å². The highest BCUT2D eigenvalue weighted by molar-refractivity contribution is 9.10. The quantitative estimate of drug-likeness (QED) is 0.914. The fourth-order valence-corrected chi connectivity index (χ4v) is 2.86. The molecular weight excluding hydrogens is 295 g/mol. The molecule has 2 rings (SSSR count). The van der Waals surface area contributed by atoms with Crippen molar-refractivity contribution in [3.8, 4) is 0 Å². The number of nitrogens with one attached hydrogen (secondary N) is 1. The molecular formula is C14H20BrFN2. The van der Waals surface area contributed by atoms with Crippen LogP contribution in [0.25, 0.3) is 0 Å². The van der Waals surface area contributed by atoms with Gasteiger partial charge in [-0.2, -0.15) is 0 Å². The lowest BCUT2D eigenvalue weighted by atomic mass is 9.90. The van der Waals surface area contributed by atoms with Crippen molar-refractivity contribution in [2.75, 3.05) is 25.5 Å². The van der Waals surface area contributed by atoms with Crippen molar-refractivity contribution in [1.29, 1.82) is 0 Å². The van der Waals surface area contributed by atoms with E-state index in [2.05, 4.69) is 40.1 Å². The molecule has 1 fully saturated rings. The predicted molar refractivity (Wildman–Crippen MR) is 77.4 cm³/mol. The second-order valence-electron chi connectivity index (χ2n) is 5.20.